The molecule has 7 nitrogen and oxygen atoms in total. The SMILES string of the molecule is CC(C)OCCCNC(=O)[C@@H]1C[C@]2(CCN(C(=O)c3ccccc3)C2)C(=O)N1. The number of carbonyl (C=O) groups is 3. The Labute approximate surface area is 165 Å². The third-order valence-electron chi connectivity index (χ3n) is 5.43. The number of hydrogen-bond acceptors (Lipinski definition) is 4. The quantitative estimate of drug-likeness (QED) is 0.691. The van der Waals surface area contributed by atoms with Crippen molar-refractivity contribution in [2.24, 2.45) is 5.41 Å². The number of nitrogens with one attached hydrogen (secondary N) is 2. The fourth-order valence-corrected chi connectivity index (χ4v) is 3.89. The molecular formula is C21H29N3O4. The standard InChI is InChI=1S/C21H29N3O4/c1-15(2)28-12-6-10-22-18(25)17-13-21(20(27)23-17)9-11-24(14-21)19(26)16-7-4-3-5-8-16/h3-5,7-8,15,17H,6,9-14H2,1-2H3,(H,22,25)(H,23,27)/t17-,21-/m0/s1. The Morgan fingerprint density at radius 1 is 1.32 bits per heavy atom. The van der Waals surface area contributed by atoms with Crippen LogP contribution in [0, 0.1) is 5.41 Å². The maximum atomic E-state index is 12.7. The summed E-state index contributed by atoms with van der Waals surface area (Å²) < 4.78 is 5.45. The molecule has 0 aliphatic carbocycles. The summed E-state index contributed by atoms with van der Waals surface area (Å²) in [6.07, 6.45) is 1.92. The molecule has 2 saturated heterocycles. The van der Waals surface area contributed by atoms with Gasteiger partial charge in [0, 0.05) is 31.8 Å². The van der Waals surface area contributed by atoms with Crippen LogP contribution in [0.25, 0.3) is 0 Å². The Morgan fingerprint density at radius 3 is 2.79 bits per heavy atom. The summed E-state index contributed by atoms with van der Waals surface area (Å²) in [4.78, 5) is 39.4. The van der Waals surface area contributed by atoms with Crippen molar-refractivity contribution in [3.8, 4) is 0 Å². The van der Waals surface area contributed by atoms with Gasteiger partial charge < -0.3 is 20.3 Å². The van der Waals surface area contributed by atoms with E-state index in [-0.39, 0.29) is 23.8 Å². The summed E-state index contributed by atoms with van der Waals surface area (Å²) in [6, 6.07) is 8.54. The molecule has 0 unspecified atom stereocenters. The molecule has 0 aromatic heterocycles. The fraction of sp³-hybridized carbons (Fsp3) is 0.571. The normalized spacial score (nSPS) is 24.0. The number of hydrogen-bond donors (Lipinski definition) is 2. The first-order valence-electron chi connectivity index (χ1n) is 9.96. The molecule has 2 fully saturated rings. The highest BCUT2D eigenvalue weighted by Crippen LogP contribution is 2.40. The largest absolute Gasteiger partial charge is 0.379 e. The zero-order chi connectivity index (χ0) is 20.1. The van der Waals surface area contributed by atoms with Crippen LogP contribution in [0.3, 0.4) is 0 Å². The van der Waals surface area contributed by atoms with E-state index in [2.05, 4.69) is 10.6 Å². The zero-order valence-electron chi connectivity index (χ0n) is 16.6. The molecule has 2 aliphatic rings. The molecule has 1 aromatic rings. The van der Waals surface area contributed by atoms with Crippen molar-refractivity contribution >= 4 is 17.7 Å². The number of benzene rings is 1. The first-order valence-corrected chi connectivity index (χ1v) is 9.96. The van der Waals surface area contributed by atoms with Gasteiger partial charge in [0.15, 0.2) is 0 Å². The number of nitrogens with zero attached hydrogens (tertiary/aromatic N) is 1. The van der Waals surface area contributed by atoms with Gasteiger partial charge in [-0.25, -0.2) is 0 Å². The highest BCUT2D eigenvalue weighted by Gasteiger charge is 2.53. The van der Waals surface area contributed by atoms with E-state index in [0.29, 0.717) is 44.6 Å². The minimum Gasteiger partial charge on any atom is -0.379 e. The summed E-state index contributed by atoms with van der Waals surface area (Å²) in [5, 5.41) is 5.70. The lowest BCUT2D eigenvalue weighted by Gasteiger charge is -2.21. The lowest BCUT2D eigenvalue weighted by atomic mass is 9.84. The third kappa shape index (κ3) is 4.52. The van der Waals surface area contributed by atoms with Gasteiger partial charge in [-0.15, -0.1) is 0 Å². The van der Waals surface area contributed by atoms with Crippen molar-refractivity contribution in [2.75, 3.05) is 26.2 Å². The van der Waals surface area contributed by atoms with Gasteiger partial charge in [0.05, 0.1) is 11.5 Å². The molecule has 0 bridgehead atoms. The predicted octanol–water partition coefficient (Wildman–Crippen LogP) is 1.34. The Kier molecular flexibility index (Phi) is 6.34. The summed E-state index contributed by atoms with van der Waals surface area (Å²) in [7, 11) is 0. The topological polar surface area (TPSA) is 87.7 Å². The molecule has 2 aliphatic heterocycles. The van der Waals surface area contributed by atoms with E-state index in [1.807, 2.05) is 32.0 Å². The van der Waals surface area contributed by atoms with Gasteiger partial charge in [-0.05, 0) is 45.2 Å². The zero-order valence-corrected chi connectivity index (χ0v) is 16.6. The molecule has 2 heterocycles. The number of rotatable bonds is 7. The number of amides is 3. The van der Waals surface area contributed by atoms with Crippen molar-refractivity contribution in [1.82, 2.24) is 15.5 Å². The van der Waals surface area contributed by atoms with Crippen molar-refractivity contribution in [1.29, 1.82) is 0 Å². The van der Waals surface area contributed by atoms with Gasteiger partial charge in [0.2, 0.25) is 11.8 Å². The Bertz CT molecular complexity index is 722. The first-order chi connectivity index (χ1) is 13.4. The van der Waals surface area contributed by atoms with Crippen molar-refractivity contribution in [3.63, 3.8) is 0 Å². The van der Waals surface area contributed by atoms with Crippen LogP contribution < -0.4 is 10.6 Å². The van der Waals surface area contributed by atoms with E-state index in [0.717, 1.165) is 6.42 Å². The maximum Gasteiger partial charge on any atom is 0.253 e. The van der Waals surface area contributed by atoms with Crippen molar-refractivity contribution in [3.05, 3.63) is 35.9 Å². The minimum atomic E-state index is -0.660. The van der Waals surface area contributed by atoms with Crippen LogP contribution in [0.2, 0.25) is 0 Å². The number of ether oxygens (including phenoxy) is 1. The lowest BCUT2D eigenvalue weighted by molar-refractivity contribution is -0.128. The molecule has 2 atom stereocenters. The van der Waals surface area contributed by atoms with Crippen LogP contribution in [0.15, 0.2) is 30.3 Å². The van der Waals surface area contributed by atoms with E-state index in [4.69, 9.17) is 4.74 Å². The smallest absolute Gasteiger partial charge is 0.253 e. The van der Waals surface area contributed by atoms with E-state index in [1.54, 1.807) is 17.0 Å². The molecule has 152 valence electrons. The molecule has 1 aromatic carbocycles. The summed E-state index contributed by atoms with van der Waals surface area (Å²) >= 11 is 0. The highest BCUT2D eigenvalue weighted by atomic mass is 16.5. The third-order valence-corrected chi connectivity index (χ3v) is 5.43. The second kappa shape index (κ2) is 8.73. The molecule has 1 spiro atoms. The van der Waals surface area contributed by atoms with Gasteiger partial charge >= 0.3 is 0 Å². The summed E-state index contributed by atoms with van der Waals surface area (Å²) in [5.41, 5.74) is -0.0384. The minimum absolute atomic E-state index is 0.0664. The van der Waals surface area contributed by atoms with E-state index in [9.17, 15) is 14.4 Å². The average molecular weight is 387 g/mol. The Balaban J connectivity index is 1.51. The molecular weight excluding hydrogens is 358 g/mol. The van der Waals surface area contributed by atoms with E-state index >= 15 is 0 Å². The first kappa shape index (κ1) is 20.3. The molecule has 0 saturated carbocycles. The van der Waals surface area contributed by atoms with Crippen LogP contribution >= 0.6 is 0 Å². The predicted molar refractivity (Wildman–Crippen MR) is 105 cm³/mol. The monoisotopic (exact) mass is 387 g/mol. The molecule has 28 heavy (non-hydrogen) atoms. The van der Waals surface area contributed by atoms with E-state index in [1.165, 1.54) is 0 Å². The summed E-state index contributed by atoms with van der Waals surface area (Å²) in [6.45, 7) is 5.94. The highest BCUT2D eigenvalue weighted by molar-refractivity contribution is 5.97. The average Bonchev–Trinajstić information content (AvgIpc) is 3.26. The van der Waals surface area contributed by atoms with Crippen LogP contribution in [-0.4, -0.2) is 61.0 Å². The number of carbonyl (C=O) groups excluding carboxylic acids is 3. The molecule has 2 N–H and O–H groups in total. The number of likely N-dealkylation sites (tertiary alicyclic amines) is 1. The van der Waals surface area contributed by atoms with E-state index < -0.39 is 11.5 Å². The lowest BCUT2D eigenvalue weighted by Crippen LogP contribution is -2.42. The fourth-order valence-electron chi connectivity index (χ4n) is 3.89. The van der Waals surface area contributed by atoms with Crippen molar-refractivity contribution < 1.29 is 19.1 Å². The maximum absolute atomic E-state index is 12.7. The molecule has 3 rings (SSSR count). The van der Waals surface area contributed by atoms with Crippen LogP contribution in [0.4, 0.5) is 0 Å². The molecule has 3 amide bonds. The van der Waals surface area contributed by atoms with Crippen LogP contribution in [0.1, 0.15) is 43.5 Å². The van der Waals surface area contributed by atoms with Crippen LogP contribution in [-0.2, 0) is 14.3 Å². The van der Waals surface area contributed by atoms with Gasteiger partial charge in [-0.1, -0.05) is 18.2 Å². The second-order valence-electron chi connectivity index (χ2n) is 7.92. The van der Waals surface area contributed by atoms with Gasteiger partial charge in [-0.3, -0.25) is 14.4 Å². The van der Waals surface area contributed by atoms with Crippen LogP contribution in [0.5, 0.6) is 0 Å². The van der Waals surface area contributed by atoms with Gasteiger partial charge in [0.1, 0.15) is 6.04 Å². The Morgan fingerprint density at radius 2 is 2.07 bits per heavy atom. The Hall–Kier alpha value is -2.41. The van der Waals surface area contributed by atoms with Crippen molar-refractivity contribution in [2.45, 2.75) is 45.3 Å². The molecule has 7 heteroatoms. The molecule has 0 radical (unpaired) electrons. The summed E-state index contributed by atoms with van der Waals surface area (Å²) in [5.74, 6) is -0.356. The van der Waals surface area contributed by atoms with Gasteiger partial charge in [0.25, 0.3) is 5.91 Å². The second-order valence-corrected chi connectivity index (χ2v) is 7.92. The van der Waals surface area contributed by atoms with Gasteiger partial charge in [-0.2, -0.15) is 0 Å².